The van der Waals surface area contributed by atoms with Gasteiger partial charge < -0.3 is 10.1 Å². The molecule has 0 aromatic carbocycles. The Bertz CT molecular complexity index is 305. The zero-order valence-electron chi connectivity index (χ0n) is 14.1. The van der Waals surface area contributed by atoms with E-state index in [2.05, 4.69) is 44.8 Å². The van der Waals surface area contributed by atoms with Crippen LogP contribution in [-0.2, 0) is 4.74 Å². The number of hydrogen-bond donors (Lipinski definition) is 1. The van der Waals surface area contributed by atoms with Crippen LogP contribution in [0.3, 0.4) is 0 Å². The Morgan fingerprint density at radius 3 is 2.70 bits per heavy atom. The van der Waals surface area contributed by atoms with Crippen LogP contribution in [0, 0.1) is 5.92 Å². The quantitative estimate of drug-likeness (QED) is 0.858. The summed E-state index contributed by atoms with van der Waals surface area (Å²) in [5.41, 5.74) is 0.0914. The lowest BCUT2D eigenvalue weighted by Gasteiger charge is -2.33. The van der Waals surface area contributed by atoms with E-state index in [4.69, 9.17) is 4.74 Å². The summed E-state index contributed by atoms with van der Waals surface area (Å²) in [6.07, 6.45) is 5.36. The van der Waals surface area contributed by atoms with Gasteiger partial charge in [0.2, 0.25) is 0 Å². The molecule has 0 bridgehead atoms. The van der Waals surface area contributed by atoms with E-state index >= 15 is 0 Å². The summed E-state index contributed by atoms with van der Waals surface area (Å²) in [4.78, 5) is 2.67. The van der Waals surface area contributed by atoms with Crippen molar-refractivity contribution in [1.29, 1.82) is 0 Å². The standard InChI is InChI=1S/C17H34N2O/c1-6-13(2)16-12-19(14(3)8-10-18-16)11-15-7-9-17(4,5)20-15/h13-16,18H,6-12H2,1-5H3. The average molecular weight is 282 g/mol. The largest absolute Gasteiger partial charge is 0.371 e. The maximum absolute atomic E-state index is 6.20. The third-order valence-electron chi connectivity index (χ3n) is 5.35. The van der Waals surface area contributed by atoms with Crippen molar-refractivity contribution in [3.05, 3.63) is 0 Å². The molecule has 0 spiro atoms. The minimum atomic E-state index is 0.0914. The lowest BCUT2D eigenvalue weighted by Crippen LogP contribution is -2.46. The van der Waals surface area contributed by atoms with Crippen molar-refractivity contribution in [3.63, 3.8) is 0 Å². The van der Waals surface area contributed by atoms with E-state index < -0.39 is 0 Å². The molecule has 2 rings (SSSR count). The van der Waals surface area contributed by atoms with Crippen molar-refractivity contribution in [3.8, 4) is 0 Å². The molecule has 0 aromatic heterocycles. The second-order valence-electron chi connectivity index (χ2n) is 7.58. The van der Waals surface area contributed by atoms with Gasteiger partial charge in [0.05, 0.1) is 11.7 Å². The van der Waals surface area contributed by atoms with Gasteiger partial charge in [-0.2, -0.15) is 0 Å². The molecular formula is C17H34N2O. The minimum absolute atomic E-state index is 0.0914. The number of ether oxygens (including phenoxy) is 1. The van der Waals surface area contributed by atoms with Crippen LogP contribution in [-0.4, -0.2) is 48.3 Å². The Balaban J connectivity index is 1.93. The molecule has 4 unspecified atom stereocenters. The minimum Gasteiger partial charge on any atom is -0.371 e. The second kappa shape index (κ2) is 6.76. The van der Waals surface area contributed by atoms with Gasteiger partial charge in [0.25, 0.3) is 0 Å². The lowest BCUT2D eigenvalue weighted by molar-refractivity contribution is -0.0335. The van der Waals surface area contributed by atoms with Crippen LogP contribution in [0.4, 0.5) is 0 Å². The Morgan fingerprint density at radius 1 is 1.35 bits per heavy atom. The monoisotopic (exact) mass is 282 g/mol. The first-order chi connectivity index (χ1) is 9.41. The topological polar surface area (TPSA) is 24.5 Å². The second-order valence-corrected chi connectivity index (χ2v) is 7.58. The number of rotatable bonds is 4. The maximum atomic E-state index is 6.20. The highest BCUT2D eigenvalue weighted by molar-refractivity contribution is 4.88. The van der Waals surface area contributed by atoms with Crippen LogP contribution in [0.1, 0.15) is 60.3 Å². The van der Waals surface area contributed by atoms with Crippen molar-refractivity contribution >= 4 is 0 Å². The fraction of sp³-hybridized carbons (Fsp3) is 1.00. The van der Waals surface area contributed by atoms with Crippen LogP contribution < -0.4 is 5.32 Å². The Hall–Kier alpha value is -0.120. The molecule has 2 heterocycles. The van der Waals surface area contributed by atoms with Gasteiger partial charge in [-0.1, -0.05) is 20.3 Å². The normalized spacial score (nSPS) is 36.8. The van der Waals surface area contributed by atoms with Crippen LogP contribution in [0.5, 0.6) is 0 Å². The zero-order chi connectivity index (χ0) is 14.8. The molecule has 3 nitrogen and oxygen atoms in total. The number of hydrogen-bond acceptors (Lipinski definition) is 3. The fourth-order valence-electron chi connectivity index (χ4n) is 3.55. The highest BCUT2D eigenvalue weighted by atomic mass is 16.5. The van der Waals surface area contributed by atoms with E-state index in [0.29, 0.717) is 18.2 Å². The molecule has 2 fully saturated rings. The van der Waals surface area contributed by atoms with Crippen LogP contribution >= 0.6 is 0 Å². The first kappa shape index (κ1) is 16.3. The maximum Gasteiger partial charge on any atom is 0.0710 e. The van der Waals surface area contributed by atoms with Gasteiger partial charge in [-0.15, -0.1) is 0 Å². The Kier molecular flexibility index (Phi) is 5.49. The molecule has 2 aliphatic heterocycles. The molecule has 2 aliphatic rings. The van der Waals surface area contributed by atoms with Gasteiger partial charge in [-0.25, -0.2) is 0 Å². The highest BCUT2D eigenvalue weighted by Gasteiger charge is 2.34. The van der Waals surface area contributed by atoms with Gasteiger partial charge >= 0.3 is 0 Å². The summed E-state index contributed by atoms with van der Waals surface area (Å²) in [6, 6.07) is 1.31. The Labute approximate surface area is 125 Å². The van der Waals surface area contributed by atoms with Gasteiger partial charge in [0.15, 0.2) is 0 Å². The third kappa shape index (κ3) is 4.19. The summed E-state index contributed by atoms with van der Waals surface area (Å²) in [5.74, 6) is 0.753. The van der Waals surface area contributed by atoms with E-state index in [1.165, 1.54) is 32.2 Å². The lowest BCUT2D eigenvalue weighted by atomic mass is 9.98. The summed E-state index contributed by atoms with van der Waals surface area (Å²) in [5, 5.41) is 3.75. The van der Waals surface area contributed by atoms with Gasteiger partial charge in [-0.3, -0.25) is 4.90 Å². The zero-order valence-corrected chi connectivity index (χ0v) is 14.1. The van der Waals surface area contributed by atoms with Crippen LogP contribution in [0.15, 0.2) is 0 Å². The summed E-state index contributed by atoms with van der Waals surface area (Å²) >= 11 is 0. The molecule has 0 aromatic rings. The molecule has 0 radical (unpaired) electrons. The van der Waals surface area contributed by atoms with E-state index in [1.807, 2.05) is 0 Å². The summed E-state index contributed by atoms with van der Waals surface area (Å²) in [6.45, 7) is 14.9. The fourth-order valence-corrected chi connectivity index (χ4v) is 3.55. The van der Waals surface area contributed by atoms with Gasteiger partial charge in [0.1, 0.15) is 0 Å². The number of nitrogens with zero attached hydrogens (tertiary/aromatic N) is 1. The van der Waals surface area contributed by atoms with Crippen molar-refractivity contribution in [2.45, 2.75) is 84.1 Å². The molecule has 0 amide bonds. The first-order valence-corrected chi connectivity index (χ1v) is 8.56. The average Bonchev–Trinajstić information content (AvgIpc) is 2.63. The van der Waals surface area contributed by atoms with Crippen molar-refractivity contribution in [2.24, 2.45) is 5.92 Å². The van der Waals surface area contributed by atoms with Crippen LogP contribution in [0.25, 0.3) is 0 Å². The van der Waals surface area contributed by atoms with Crippen molar-refractivity contribution in [2.75, 3.05) is 19.6 Å². The predicted octanol–water partition coefficient (Wildman–Crippen LogP) is 3.04. The molecule has 4 atom stereocenters. The molecule has 20 heavy (non-hydrogen) atoms. The smallest absolute Gasteiger partial charge is 0.0710 e. The molecule has 0 saturated carbocycles. The van der Waals surface area contributed by atoms with Gasteiger partial charge in [-0.05, 0) is 52.5 Å². The van der Waals surface area contributed by atoms with E-state index in [-0.39, 0.29) is 5.60 Å². The molecule has 1 N–H and O–H groups in total. The van der Waals surface area contributed by atoms with E-state index in [9.17, 15) is 0 Å². The highest BCUT2D eigenvalue weighted by Crippen LogP contribution is 2.30. The number of nitrogens with one attached hydrogen (secondary N) is 1. The summed E-state index contributed by atoms with van der Waals surface area (Å²) in [7, 11) is 0. The third-order valence-corrected chi connectivity index (χ3v) is 5.35. The molecule has 0 aliphatic carbocycles. The first-order valence-electron chi connectivity index (χ1n) is 8.56. The summed E-state index contributed by atoms with van der Waals surface area (Å²) < 4.78 is 6.20. The Morgan fingerprint density at radius 2 is 2.10 bits per heavy atom. The van der Waals surface area contributed by atoms with E-state index in [0.717, 1.165) is 19.0 Å². The molecule has 2 saturated heterocycles. The SMILES string of the molecule is CCC(C)C1CN(CC2CCC(C)(C)O2)C(C)CCN1. The molecule has 3 heteroatoms. The van der Waals surface area contributed by atoms with Crippen molar-refractivity contribution in [1.82, 2.24) is 10.2 Å². The molecule has 118 valence electrons. The molecular weight excluding hydrogens is 248 g/mol. The van der Waals surface area contributed by atoms with Crippen LogP contribution in [0.2, 0.25) is 0 Å². The predicted molar refractivity (Wildman–Crippen MR) is 85.1 cm³/mol. The van der Waals surface area contributed by atoms with Gasteiger partial charge in [0, 0.05) is 25.2 Å². The van der Waals surface area contributed by atoms with E-state index in [1.54, 1.807) is 0 Å². The van der Waals surface area contributed by atoms with Crippen molar-refractivity contribution < 1.29 is 4.74 Å².